The van der Waals surface area contributed by atoms with Crippen molar-refractivity contribution in [3.05, 3.63) is 64.7 Å². The van der Waals surface area contributed by atoms with Gasteiger partial charge in [-0.3, -0.25) is 0 Å². The molecule has 0 fully saturated rings. The molecule has 0 heterocycles. The quantitative estimate of drug-likeness (QED) is 0.747. The van der Waals surface area contributed by atoms with Crippen molar-refractivity contribution < 1.29 is 34.4 Å². The Morgan fingerprint density at radius 2 is 1.35 bits per heavy atom. The number of carboxylic acid groups (broad SMARTS) is 3. The largest absolute Gasteiger partial charge is 0.489 e. The van der Waals surface area contributed by atoms with Gasteiger partial charge in [0, 0.05) is 0 Å². The van der Waals surface area contributed by atoms with Gasteiger partial charge in [-0.15, -0.1) is 0 Å². The molecular weight excluding hydrogens is 304 g/mol. The van der Waals surface area contributed by atoms with Gasteiger partial charge in [0.25, 0.3) is 0 Å². The van der Waals surface area contributed by atoms with E-state index >= 15 is 0 Å². The van der Waals surface area contributed by atoms with Gasteiger partial charge in [0.1, 0.15) is 12.4 Å². The van der Waals surface area contributed by atoms with E-state index in [1.165, 1.54) is 24.3 Å². The summed E-state index contributed by atoms with van der Waals surface area (Å²) >= 11 is 0. The predicted octanol–water partition coefficient (Wildman–Crippen LogP) is 2.36. The van der Waals surface area contributed by atoms with Crippen molar-refractivity contribution in [2.45, 2.75) is 6.61 Å². The van der Waals surface area contributed by atoms with E-state index in [1.54, 1.807) is 12.1 Å². The van der Waals surface area contributed by atoms with Crippen LogP contribution < -0.4 is 4.74 Å². The van der Waals surface area contributed by atoms with Crippen LogP contribution in [-0.4, -0.2) is 33.2 Å². The molecule has 0 aromatic heterocycles. The maximum Gasteiger partial charge on any atom is 0.335 e. The fraction of sp³-hybridized carbons (Fsp3) is 0.0625. The van der Waals surface area contributed by atoms with Gasteiger partial charge in [0.15, 0.2) is 0 Å². The molecule has 2 aromatic carbocycles. The second kappa shape index (κ2) is 6.61. The summed E-state index contributed by atoms with van der Waals surface area (Å²) < 4.78 is 5.39. The maximum atomic E-state index is 11.0. The molecule has 0 bridgehead atoms. The Labute approximate surface area is 130 Å². The molecule has 118 valence electrons. The van der Waals surface area contributed by atoms with Crippen LogP contribution in [0.5, 0.6) is 5.75 Å². The van der Waals surface area contributed by atoms with Crippen LogP contribution in [0.4, 0.5) is 0 Å². The molecule has 0 saturated carbocycles. The minimum atomic E-state index is -1.27. The summed E-state index contributed by atoms with van der Waals surface area (Å²) in [7, 11) is 0. The summed E-state index contributed by atoms with van der Waals surface area (Å²) in [4.78, 5) is 32.9. The first-order chi connectivity index (χ1) is 10.9. The smallest absolute Gasteiger partial charge is 0.335 e. The Morgan fingerprint density at radius 1 is 0.783 bits per heavy atom. The first-order valence-corrected chi connectivity index (χ1v) is 6.43. The van der Waals surface area contributed by atoms with Crippen molar-refractivity contribution >= 4 is 17.9 Å². The molecule has 0 spiro atoms. The second-order valence-corrected chi connectivity index (χ2v) is 4.65. The number of carboxylic acids is 3. The van der Waals surface area contributed by atoms with Gasteiger partial charge in [0.05, 0.1) is 16.7 Å². The van der Waals surface area contributed by atoms with E-state index in [9.17, 15) is 14.4 Å². The van der Waals surface area contributed by atoms with E-state index in [2.05, 4.69) is 0 Å². The monoisotopic (exact) mass is 316 g/mol. The van der Waals surface area contributed by atoms with Crippen LogP contribution in [0.1, 0.15) is 36.6 Å². The highest BCUT2D eigenvalue weighted by Crippen LogP contribution is 2.19. The summed E-state index contributed by atoms with van der Waals surface area (Å²) in [6, 6.07) is 9.49. The lowest BCUT2D eigenvalue weighted by molar-refractivity contribution is 0.0681. The van der Waals surface area contributed by atoms with Crippen LogP contribution in [0.2, 0.25) is 0 Å². The number of ether oxygens (including phenoxy) is 1. The number of hydrogen-bond donors (Lipinski definition) is 3. The zero-order valence-corrected chi connectivity index (χ0v) is 11.7. The van der Waals surface area contributed by atoms with Crippen molar-refractivity contribution in [2.75, 3.05) is 0 Å². The molecule has 0 amide bonds. The lowest BCUT2D eigenvalue weighted by atomic mass is 10.1. The highest BCUT2D eigenvalue weighted by Gasteiger charge is 2.12. The molecule has 0 radical (unpaired) electrons. The summed E-state index contributed by atoms with van der Waals surface area (Å²) in [6.45, 7) is -0.0246. The molecule has 7 nitrogen and oxygen atoms in total. The molecule has 0 aliphatic heterocycles. The Kier molecular flexibility index (Phi) is 4.61. The maximum absolute atomic E-state index is 11.0. The van der Waals surface area contributed by atoms with Crippen molar-refractivity contribution in [1.29, 1.82) is 0 Å². The highest BCUT2D eigenvalue weighted by molar-refractivity contribution is 5.94. The second-order valence-electron chi connectivity index (χ2n) is 4.65. The first-order valence-electron chi connectivity index (χ1n) is 6.43. The Morgan fingerprint density at radius 3 is 1.87 bits per heavy atom. The Bertz CT molecular complexity index is 747. The fourth-order valence-electron chi connectivity index (χ4n) is 1.89. The van der Waals surface area contributed by atoms with Gasteiger partial charge in [-0.2, -0.15) is 0 Å². The molecule has 3 N–H and O–H groups in total. The van der Waals surface area contributed by atoms with Crippen LogP contribution in [0, 0.1) is 0 Å². The van der Waals surface area contributed by atoms with Crippen molar-refractivity contribution in [3.8, 4) is 5.75 Å². The highest BCUT2D eigenvalue weighted by atomic mass is 16.5. The van der Waals surface area contributed by atoms with Gasteiger partial charge in [0.2, 0.25) is 0 Å². The van der Waals surface area contributed by atoms with Crippen molar-refractivity contribution in [2.24, 2.45) is 0 Å². The van der Waals surface area contributed by atoms with Crippen LogP contribution in [0.3, 0.4) is 0 Å². The zero-order chi connectivity index (χ0) is 17.0. The zero-order valence-electron chi connectivity index (χ0n) is 11.7. The summed E-state index contributed by atoms with van der Waals surface area (Å²) in [5.41, 5.74) is 0.234. The van der Waals surface area contributed by atoms with Crippen LogP contribution in [0.15, 0.2) is 42.5 Å². The third-order valence-corrected chi connectivity index (χ3v) is 2.98. The van der Waals surface area contributed by atoms with Crippen molar-refractivity contribution in [1.82, 2.24) is 0 Å². The number of benzene rings is 2. The standard InChI is InChI=1S/C16H12O7/c17-14(18)10-3-1-2-9(4-10)8-23-13-6-11(15(19)20)5-12(7-13)16(21)22/h1-7H,8H2,(H,17,18)(H,19,20)(H,21,22). The lowest BCUT2D eigenvalue weighted by Crippen LogP contribution is -2.05. The summed E-state index contributed by atoms with van der Waals surface area (Å²) in [6.07, 6.45) is 0. The molecule has 2 rings (SSSR count). The van der Waals surface area contributed by atoms with Gasteiger partial charge >= 0.3 is 17.9 Å². The molecular formula is C16H12O7. The first kappa shape index (κ1) is 16.0. The van der Waals surface area contributed by atoms with E-state index in [1.807, 2.05) is 0 Å². The summed E-state index contributed by atoms with van der Waals surface area (Å²) in [5, 5.41) is 26.9. The van der Waals surface area contributed by atoms with Crippen LogP contribution >= 0.6 is 0 Å². The molecule has 0 unspecified atom stereocenters. The van der Waals surface area contributed by atoms with Gasteiger partial charge in [-0.1, -0.05) is 12.1 Å². The fourth-order valence-corrected chi connectivity index (χ4v) is 1.89. The van der Waals surface area contributed by atoms with Crippen LogP contribution in [-0.2, 0) is 6.61 Å². The van der Waals surface area contributed by atoms with Gasteiger partial charge < -0.3 is 20.1 Å². The molecule has 0 aliphatic rings. The Balaban J connectivity index is 2.23. The minimum absolute atomic E-state index is 0.0246. The van der Waals surface area contributed by atoms with Crippen LogP contribution in [0.25, 0.3) is 0 Å². The van der Waals surface area contributed by atoms with E-state index in [0.717, 1.165) is 6.07 Å². The number of aromatic carboxylic acids is 3. The molecule has 0 atom stereocenters. The third kappa shape index (κ3) is 4.07. The van der Waals surface area contributed by atoms with E-state index in [4.69, 9.17) is 20.1 Å². The average molecular weight is 316 g/mol. The molecule has 23 heavy (non-hydrogen) atoms. The predicted molar refractivity (Wildman–Crippen MR) is 78.1 cm³/mol. The Hall–Kier alpha value is -3.35. The molecule has 7 heteroatoms. The SMILES string of the molecule is O=C(O)c1cccc(COc2cc(C(=O)O)cc(C(=O)O)c2)c1. The minimum Gasteiger partial charge on any atom is -0.489 e. The normalized spacial score (nSPS) is 10.1. The number of rotatable bonds is 6. The van der Waals surface area contributed by atoms with E-state index in [-0.39, 0.29) is 29.0 Å². The van der Waals surface area contributed by atoms with E-state index in [0.29, 0.717) is 5.56 Å². The van der Waals surface area contributed by atoms with Gasteiger partial charge in [-0.25, -0.2) is 14.4 Å². The molecule has 2 aromatic rings. The summed E-state index contributed by atoms with van der Waals surface area (Å²) in [5.74, 6) is -3.55. The number of hydrogen-bond acceptors (Lipinski definition) is 4. The third-order valence-electron chi connectivity index (χ3n) is 2.98. The van der Waals surface area contributed by atoms with Crippen molar-refractivity contribution in [3.63, 3.8) is 0 Å². The lowest BCUT2D eigenvalue weighted by Gasteiger charge is -2.09. The average Bonchev–Trinajstić information content (AvgIpc) is 2.52. The van der Waals surface area contributed by atoms with Gasteiger partial charge in [-0.05, 0) is 35.9 Å². The topological polar surface area (TPSA) is 121 Å². The van der Waals surface area contributed by atoms with E-state index < -0.39 is 17.9 Å². The molecule has 0 saturated heterocycles. The molecule has 0 aliphatic carbocycles. The number of carbonyl (C=O) groups is 3.